The number of rotatable bonds is 5. The lowest BCUT2D eigenvalue weighted by atomic mass is 9.98. The molecule has 2 aliphatic rings. The first-order valence-corrected chi connectivity index (χ1v) is 9.76. The molecule has 2 fully saturated rings. The first-order valence-electron chi connectivity index (χ1n) is 9.76. The lowest BCUT2D eigenvalue weighted by Gasteiger charge is -2.46. The zero-order valence-corrected chi connectivity index (χ0v) is 16.5. The van der Waals surface area contributed by atoms with Gasteiger partial charge in [0.05, 0.1) is 6.61 Å². The highest BCUT2D eigenvalue weighted by molar-refractivity contribution is 5.33. The maximum Gasteiger partial charge on any atom is 0.229 e. The van der Waals surface area contributed by atoms with Crippen LogP contribution in [-0.2, 0) is 20.8 Å². The molecule has 7 nitrogen and oxygen atoms in total. The molecule has 0 spiro atoms. The molecule has 2 aromatic carbocycles. The summed E-state index contributed by atoms with van der Waals surface area (Å²) in [5, 5.41) is 21.3. The summed E-state index contributed by atoms with van der Waals surface area (Å²) < 4.78 is 23.6. The number of fused-ring (bicyclic) bond motifs is 1. The molecular weight excluding hydrogens is 374 g/mol. The predicted octanol–water partition coefficient (Wildman–Crippen LogP) is 1.69. The number of hydrogen-bond acceptors (Lipinski definition) is 7. The number of hydrogen-bond donors (Lipinski definition) is 2. The second-order valence-corrected chi connectivity index (χ2v) is 7.66. The Kier molecular flexibility index (Phi) is 6.15. The molecule has 0 amide bonds. The van der Waals surface area contributed by atoms with Gasteiger partial charge in [-0.1, -0.05) is 48.5 Å². The fourth-order valence-electron chi connectivity index (χ4n) is 3.67. The van der Waals surface area contributed by atoms with Gasteiger partial charge in [-0.3, -0.25) is 0 Å². The highest BCUT2D eigenvalue weighted by Gasteiger charge is 2.49. The quantitative estimate of drug-likeness (QED) is 0.789. The third-order valence-electron chi connectivity index (χ3n) is 5.11. The fourth-order valence-corrected chi connectivity index (χ4v) is 3.67. The minimum absolute atomic E-state index is 0.229. The number of aliphatic hydroxyl groups is 2. The predicted molar refractivity (Wildman–Crippen MR) is 105 cm³/mol. The van der Waals surface area contributed by atoms with Crippen LogP contribution in [-0.4, -0.2) is 66.5 Å². The molecule has 2 N–H and O–H groups in total. The number of benzene rings is 2. The summed E-state index contributed by atoms with van der Waals surface area (Å²) in [7, 11) is 3.94. The largest absolute Gasteiger partial charge is 0.462 e. The topological polar surface area (TPSA) is 80.6 Å². The lowest BCUT2D eigenvalue weighted by Crippen LogP contribution is -2.63. The van der Waals surface area contributed by atoms with E-state index in [0.29, 0.717) is 12.3 Å². The monoisotopic (exact) mass is 401 g/mol. The minimum Gasteiger partial charge on any atom is -0.462 e. The molecule has 2 aliphatic heterocycles. The van der Waals surface area contributed by atoms with E-state index in [1.165, 1.54) is 0 Å². The summed E-state index contributed by atoms with van der Waals surface area (Å²) >= 11 is 0. The molecule has 2 heterocycles. The van der Waals surface area contributed by atoms with E-state index in [1.54, 1.807) is 0 Å². The van der Waals surface area contributed by atoms with Gasteiger partial charge >= 0.3 is 0 Å². The number of para-hydroxylation sites is 1. The van der Waals surface area contributed by atoms with E-state index in [2.05, 4.69) is 0 Å². The SMILES string of the molecule is CN(C)Cc1ccccc1O[C@@H]1O[C@@H]2COC(c3ccccc3)O[C@H]2[C@H](O)[C@H]1O. The van der Waals surface area contributed by atoms with Crippen molar-refractivity contribution >= 4 is 0 Å². The van der Waals surface area contributed by atoms with Crippen LogP contribution in [0.15, 0.2) is 54.6 Å². The zero-order valence-electron chi connectivity index (χ0n) is 16.5. The number of nitrogens with zero attached hydrogens (tertiary/aromatic N) is 1. The van der Waals surface area contributed by atoms with Gasteiger partial charge in [-0.15, -0.1) is 0 Å². The molecule has 0 radical (unpaired) electrons. The van der Waals surface area contributed by atoms with Gasteiger partial charge in [-0.25, -0.2) is 0 Å². The number of ether oxygens (including phenoxy) is 4. The number of aliphatic hydroxyl groups excluding tert-OH is 2. The van der Waals surface area contributed by atoms with Crippen molar-refractivity contribution < 1.29 is 29.2 Å². The first-order chi connectivity index (χ1) is 14.0. The molecular formula is C22H27NO6. The van der Waals surface area contributed by atoms with Crippen LogP contribution in [0.25, 0.3) is 0 Å². The Hall–Kier alpha value is -2.00. The van der Waals surface area contributed by atoms with Gasteiger partial charge in [-0.2, -0.15) is 0 Å². The minimum atomic E-state index is -1.25. The second kappa shape index (κ2) is 8.79. The third-order valence-corrected chi connectivity index (χ3v) is 5.11. The van der Waals surface area contributed by atoms with E-state index >= 15 is 0 Å². The van der Waals surface area contributed by atoms with Gasteiger partial charge in [0.25, 0.3) is 0 Å². The molecule has 0 saturated carbocycles. The fraction of sp³-hybridized carbons (Fsp3) is 0.455. The lowest BCUT2D eigenvalue weighted by molar-refractivity contribution is -0.350. The Morgan fingerprint density at radius 3 is 2.45 bits per heavy atom. The zero-order chi connectivity index (χ0) is 20.4. The maximum atomic E-state index is 10.7. The van der Waals surface area contributed by atoms with Crippen molar-refractivity contribution in [2.75, 3.05) is 20.7 Å². The Labute approximate surface area is 170 Å². The molecule has 0 aromatic heterocycles. The summed E-state index contributed by atoms with van der Waals surface area (Å²) in [6.07, 6.45) is -5.29. The molecule has 29 heavy (non-hydrogen) atoms. The van der Waals surface area contributed by atoms with Crippen molar-refractivity contribution in [2.45, 2.75) is 43.5 Å². The highest BCUT2D eigenvalue weighted by atomic mass is 16.8. The van der Waals surface area contributed by atoms with E-state index in [4.69, 9.17) is 18.9 Å². The van der Waals surface area contributed by atoms with Crippen molar-refractivity contribution in [3.63, 3.8) is 0 Å². The molecule has 156 valence electrons. The second-order valence-electron chi connectivity index (χ2n) is 7.66. The maximum absolute atomic E-state index is 10.7. The standard InChI is InChI=1S/C22H27NO6/c1-23(2)12-15-10-6-7-11-16(15)27-22-19(25)18(24)20-17(28-22)13-26-21(29-20)14-8-4-3-5-9-14/h3-11,17-22,24-25H,12-13H2,1-2H3/t17-,18-,19-,20-,21?,22-/m1/s1. The molecule has 4 rings (SSSR count). The molecule has 0 bridgehead atoms. The molecule has 7 heteroatoms. The summed E-state index contributed by atoms with van der Waals surface area (Å²) in [6, 6.07) is 17.1. The van der Waals surface area contributed by atoms with Gasteiger partial charge in [0.2, 0.25) is 6.29 Å². The van der Waals surface area contributed by atoms with Crippen molar-refractivity contribution in [3.8, 4) is 5.75 Å². The van der Waals surface area contributed by atoms with Crippen molar-refractivity contribution in [1.29, 1.82) is 0 Å². The molecule has 1 unspecified atom stereocenters. The summed E-state index contributed by atoms with van der Waals surface area (Å²) in [6.45, 7) is 0.909. The van der Waals surface area contributed by atoms with Crippen molar-refractivity contribution in [3.05, 3.63) is 65.7 Å². The van der Waals surface area contributed by atoms with Gasteiger partial charge in [-0.05, 0) is 20.2 Å². The van der Waals surface area contributed by atoms with E-state index in [-0.39, 0.29) is 6.61 Å². The van der Waals surface area contributed by atoms with E-state index < -0.39 is 37.0 Å². The van der Waals surface area contributed by atoms with Crippen LogP contribution >= 0.6 is 0 Å². The van der Waals surface area contributed by atoms with E-state index in [1.807, 2.05) is 73.6 Å². The highest BCUT2D eigenvalue weighted by Crippen LogP contribution is 2.35. The van der Waals surface area contributed by atoms with E-state index in [0.717, 1.165) is 11.1 Å². The van der Waals surface area contributed by atoms with E-state index in [9.17, 15) is 10.2 Å². The van der Waals surface area contributed by atoms with Gasteiger partial charge in [0.1, 0.15) is 30.2 Å². The van der Waals surface area contributed by atoms with Crippen molar-refractivity contribution in [1.82, 2.24) is 4.90 Å². The van der Waals surface area contributed by atoms with Gasteiger partial charge < -0.3 is 34.1 Å². The van der Waals surface area contributed by atoms with Crippen LogP contribution in [0.5, 0.6) is 5.75 Å². The van der Waals surface area contributed by atoms with Gasteiger partial charge in [0, 0.05) is 17.7 Å². The first kappa shape index (κ1) is 20.3. The average Bonchev–Trinajstić information content (AvgIpc) is 2.73. The third kappa shape index (κ3) is 4.45. The molecule has 2 saturated heterocycles. The Bertz CT molecular complexity index is 799. The van der Waals surface area contributed by atoms with Crippen LogP contribution in [0, 0.1) is 0 Å². The van der Waals surface area contributed by atoms with Crippen LogP contribution in [0.1, 0.15) is 17.4 Å². The van der Waals surface area contributed by atoms with Gasteiger partial charge in [0.15, 0.2) is 6.29 Å². The normalized spacial score (nSPS) is 32.0. The molecule has 2 aromatic rings. The average molecular weight is 401 g/mol. The smallest absolute Gasteiger partial charge is 0.229 e. The van der Waals surface area contributed by atoms with Crippen LogP contribution in [0.2, 0.25) is 0 Å². The molecule has 6 atom stereocenters. The van der Waals surface area contributed by atoms with Crippen LogP contribution in [0.4, 0.5) is 0 Å². The Balaban J connectivity index is 1.46. The summed E-state index contributed by atoms with van der Waals surface area (Å²) in [5.74, 6) is 0.607. The Morgan fingerprint density at radius 2 is 1.69 bits per heavy atom. The summed E-state index contributed by atoms with van der Waals surface area (Å²) in [5.41, 5.74) is 1.81. The Morgan fingerprint density at radius 1 is 0.966 bits per heavy atom. The van der Waals surface area contributed by atoms with Crippen LogP contribution in [0.3, 0.4) is 0 Å². The van der Waals surface area contributed by atoms with Crippen LogP contribution < -0.4 is 4.74 Å². The molecule has 0 aliphatic carbocycles. The summed E-state index contributed by atoms with van der Waals surface area (Å²) in [4.78, 5) is 2.03. The van der Waals surface area contributed by atoms with Crippen molar-refractivity contribution in [2.24, 2.45) is 0 Å².